The summed E-state index contributed by atoms with van der Waals surface area (Å²) < 4.78 is 6.66. The van der Waals surface area contributed by atoms with E-state index in [-0.39, 0.29) is 12.5 Å². The van der Waals surface area contributed by atoms with Crippen LogP contribution >= 0.6 is 0 Å². The van der Waals surface area contributed by atoms with E-state index in [4.69, 9.17) is 15.4 Å². The van der Waals surface area contributed by atoms with Gasteiger partial charge in [-0.1, -0.05) is 5.16 Å². The first-order chi connectivity index (χ1) is 7.22. The van der Waals surface area contributed by atoms with Gasteiger partial charge in [-0.2, -0.15) is 4.98 Å². The van der Waals surface area contributed by atoms with Crippen LogP contribution in [0, 0.1) is 0 Å². The van der Waals surface area contributed by atoms with Crippen molar-refractivity contribution in [3.63, 3.8) is 0 Å². The number of aliphatic hydroxyl groups excluding tert-OH is 1. The van der Waals surface area contributed by atoms with Crippen LogP contribution in [0.15, 0.2) is 16.9 Å². The highest BCUT2D eigenvalue weighted by atomic mass is 16.5. The maximum absolute atomic E-state index is 8.81. The fourth-order valence-corrected chi connectivity index (χ4v) is 1.14. The summed E-state index contributed by atoms with van der Waals surface area (Å²) in [6.07, 6.45) is 3.41. The summed E-state index contributed by atoms with van der Waals surface area (Å²) in [5.41, 5.74) is 5.53. The molecule has 0 radical (unpaired) electrons. The molecule has 3 N–H and O–H groups in total. The maximum Gasteiger partial charge on any atom is 0.246 e. The first-order valence-corrected chi connectivity index (χ1v) is 4.40. The van der Waals surface area contributed by atoms with E-state index in [9.17, 15) is 0 Å². The lowest BCUT2D eigenvalue weighted by Gasteiger charge is -1.98. The van der Waals surface area contributed by atoms with Gasteiger partial charge in [0.2, 0.25) is 11.7 Å². The van der Waals surface area contributed by atoms with Crippen molar-refractivity contribution in [3.8, 4) is 11.6 Å². The van der Waals surface area contributed by atoms with Crippen molar-refractivity contribution in [2.45, 2.75) is 6.04 Å². The molecule has 2 aromatic rings. The van der Waals surface area contributed by atoms with E-state index >= 15 is 0 Å². The molecule has 2 rings (SSSR count). The lowest BCUT2D eigenvalue weighted by molar-refractivity contribution is 0.237. The van der Waals surface area contributed by atoms with Crippen molar-refractivity contribution in [1.29, 1.82) is 0 Å². The van der Waals surface area contributed by atoms with Crippen molar-refractivity contribution < 1.29 is 9.63 Å². The first kappa shape index (κ1) is 9.81. The molecule has 0 unspecified atom stereocenters. The van der Waals surface area contributed by atoms with Gasteiger partial charge in [-0.25, -0.2) is 4.98 Å². The Morgan fingerprint density at radius 3 is 3.07 bits per heavy atom. The summed E-state index contributed by atoms with van der Waals surface area (Å²) >= 11 is 0. The quantitative estimate of drug-likeness (QED) is 0.703. The number of imidazole rings is 1. The molecule has 15 heavy (non-hydrogen) atoms. The van der Waals surface area contributed by atoms with E-state index < -0.39 is 6.04 Å². The SMILES string of the molecule is Cn1ccnc1-c1noc([C@@H](N)CO)n1. The highest BCUT2D eigenvalue weighted by molar-refractivity contribution is 5.42. The molecule has 0 aliphatic carbocycles. The Bertz CT molecular complexity index is 449. The van der Waals surface area contributed by atoms with E-state index in [1.54, 1.807) is 17.0 Å². The van der Waals surface area contributed by atoms with E-state index in [0.29, 0.717) is 11.6 Å². The van der Waals surface area contributed by atoms with Crippen LogP contribution in [0.1, 0.15) is 11.9 Å². The predicted octanol–water partition coefficient (Wildman–Crippen LogP) is -0.538. The van der Waals surface area contributed by atoms with Gasteiger partial charge in [0.25, 0.3) is 0 Å². The fourth-order valence-electron chi connectivity index (χ4n) is 1.14. The molecule has 0 fully saturated rings. The van der Waals surface area contributed by atoms with Crippen LogP contribution in [0.2, 0.25) is 0 Å². The molecule has 0 bridgehead atoms. The smallest absolute Gasteiger partial charge is 0.246 e. The minimum atomic E-state index is -0.647. The molecule has 0 aliphatic heterocycles. The largest absolute Gasteiger partial charge is 0.394 e. The average Bonchev–Trinajstić information content (AvgIpc) is 2.84. The molecule has 2 aromatic heterocycles. The second-order valence-corrected chi connectivity index (χ2v) is 3.11. The molecule has 7 nitrogen and oxygen atoms in total. The number of nitrogens with two attached hydrogens (primary N) is 1. The Labute approximate surface area is 85.5 Å². The average molecular weight is 209 g/mol. The molecule has 0 amide bonds. The van der Waals surface area contributed by atoms with E-state index in [1.165, 1.54) is 0 Å². The summed E-state index contributed by atoms with van der Waals surface area (Å²) in [4.78, 5) is 8.10. The van der Waals surface area contributed by atoms with Gasteiger partial charge in [0, 0.05) is 19.4 Å². The van der Waals surface area contributed by atoms with Crippen LogP contribution in [0.5, 0.6) is 0 Å². The monoisotopic (exact) mass is 209 g/mol. The summed E-state index contributed by atoms with van der Waals surface area (Å²) in [5.74, 6) is 1.16. The van der Waals surface area contributed by atoms with Crippen molar-refractivity contribution in [3.05, 3.63) is 18.3 Å². The van der Waals surface area contributed by atoms with Gasteiger partial charge in [-0.05, 0) is 0 Å². The second kappa shape index (κ2) is 3.79. The number of rotatable bonds is 3. The second-order valence-electron chi connectivity index (χ2n) is 3.11. The highest BCUT2D eigenvalue weighted by Crippen LogP contribution is 2.14. The zero-order valence-corrected chi connectivity index (χ0v) is 8.16. The van der Waals surface area contributed by atoms with Crippen LogP contribution in [-0.4, -0.2) is 31.4 Å². The van der Waals surface area contributed by atoms with Gasteiger partial charge < -0.3 is 19.9 Å². The van der Waals surface area contributed by atoms with Gasteiger partial charge in [0.15, 0.2) is 5.82 Å². The third kappa shape index (κ3) is 1.74. The number of hydrogen-bond donors (Lipinski definition) is 2. The molecule has 0 spiro atoms. The molecular weight excluding hydrogens is 198 g/mol. The number of nitrogens with zero attached hydrogens (tertiary/aromatic N) is 4. The van der Waals surface area contributed by atoms with E-state index in [1.807, 2.05) is 7.05 Å². The van der Waals surface area contributed by atoms with Gasteiger partial charge in [-0.3, -0.25) is 0 Å². The van der Waals surface area contributed by atoms with E-state index in [2.05, 4.69) is 15.1 Å². The summed E-state index contributed by atoms with van der Waals surface area (Å²) in [5, 5.41) is 12.5. The number of aromatic nitrogens is 4. The Morgan fingerprint density at radius 1 is 1.67 bits per heavy atom. The van der Waals surface area contributed by atoms with Crippen molar-refractivity contribution in [2.75, 3.05) is 6.61 Å². The Balaban J connectivity index is 2.32. The number of aryl methyl sites for hydroxylation is 1. The Hall–Kier alpha value is -1.73. The van der Waals surface area contributed by atoms with Crippen LogP contribution < -0.4 is 5.73 Å². The maximum atomic E-state index is 8.81. The zero-order chi connectivity index (χ0) is 10.8. The Morgan fingerprint density at radius 2 is 2.47 bits per heavy atom. The molecule has 7 heteroatoms. The summed E-state index contributed by atoms with van der Waals surface area (Å²) in [7, 11) is 1.82. The normalized spacial score (nSPS) is 13.0. The molecule has 2 heterocycles. The Kier molecular flexibility index (Phi) is 2.48. The molecule has 0 aromatic carbocycles. The molecule has 80 valence electrons. The summed E-state index contributed by atoms with van der Waals surface area (Å²) in [6.45, 7) is -0.234. The van der Waals surface area contributed by atoms with Gasteiger partial charge >= 0.3 is 0 Å². The molecule has 0 aliphatic rings. The van der Waals surface area contributed by atoms with Gasteiger partial charge in [-0.15, -0.1) is 0 Å². The molecule has 0 saturated heterocycles. The summed E-state index contributed by atoms with van der Waals surface area (Å²) in [6, 6.07) is -0.647. The van der Waals surface area contributed by atoms with Crippen LogP contribution in [0.4, 0.5) is 0 Å². The van der Waals surface area contributed by atoms with Crippen molar-refractivity contribution in [2.24, 2.45) is 12.8 Å². The minimum Gasteiger partial charge on any atom is -0.394 e. The van der Waals surface area contributed by atoms with Crippen molar-refractivity contribution >= 4 is 0 Å². The van der Waals surface area contributed by atoms with Gasteiger partial charge in [0.05, 0.1) is 6.61 Å². The third-order valence-corrected chi connectivity index (χ3v) is 1.98. The van der Waals surface area contributed by atoms with Crippen LogP contribution in [-0.2, 0) is 7.05 Å². The third-order valence-electron chi connectivity index (χ3n) is 1.98. The predicted molar refractivity (Wildman–Crippen MR) is 50.5 cm³/mol. The topological polar surface area (TPSA) is 103 Å². The van der Waals surface area contributed by atoms with Gasteiger partial charge in [0.1, 0.15) is 6.04 Å². The van der Waals surface area contributed by atoms with E-state index in [0.717, 1.165) is 0 Å². The molecular formula is C8H11N5O2. The van der Waals surface area contributed by atoms with Crippen LogP contribution in [0.25, 0.3) is 11.6 Å². The molecule has 0 saturated carbocycles. The lowest BCUT2D eigenvalue weighted by atomic mass is 10.3. The number of hydrogen-bond acceptors (Lipinski definition) is 6. The first-order valence-electron chi connectivity index (χ1n) is 4.40. The molecule has 1 atom stereocenters. The highest BCUT2D eigenvalue weighted by Gasteiger charge is 2.16. The minimum absolute atomic E-state index is 0.204. The van der Waals surface area contributed by atoms with Crippen LogP contribution in [0.3, 0.4) is 0 Å². The standard InChI is InChI=1S/C8H11N5O2/c1-13-3-2-10-7(13)6-11-8(15-12-6)5(9)4-14/h2-3,5,14H,4,9H2,1H3/t5-/m0/s1. The number of aliphatic hydroxyl groups is 1. The lowest BCUT2D eigenvalue weighted by Crippen LogP contribution is -2.14. The fraction of sp³-hybridized carbons (Fsp3) is 0.375. The van der Waals surface area contributed by atoms with Crippen molar-refractivity contribution in [1.82, 2.24) is 19.7 Å². The zero-order valence-electron chi connectivity index (χ0n) is 8.16.